The second kappa shape index (κ2) is 10.2. The molecule has 0 aliphatic carbocycles. The number of amides is 2. The third kappa shape index (κ3) is 5.42. The summed E-state index contributed by atoms with van der Waals surface area (Å²) in [5.41, 5.74) is 1.11. The largest absolute Gasteiger partial charge is 0.368 e. The zero-order valence-electron chi connectivity index (χ0n) is 17.3. The van der Waals surface area contributed by atoms with Crippen molar-refractivity contribution in [2.75, 3.05) is 42.1 Å². The van der Waals surface area contributed by atoms with Crippen molar-refractivity contribution in [1.29, 1.82) is 0 Å². The van der Waals surface area contributed by atoms with E-state index in [0.717, 1.165) is 13.1 Å². The fourth-order valence-corrected chi connectivity index (χ4v) is 4.09. The minimum absolute atomic E-state index is 0.0569. The van der Waals surface area contributed by atoms with E-state index in [1.54, 1.807) is 18.2 Å². The first-order valence-corrected chi connectivity index (χ1v) is 11.2. The average Bonchev–Trinajstić information content (AvgIpc) is 2.84. The molecule has 1 aromatic heterocycles. The van der Waals surface area contributed by atoms with Crippen LogP contribution in [0.4, 0.5) is 15.9 Å². The van der Waals surface area contributed by atoms with E-state index in [4.69, 9.17) is 0 Å². The minimum Gasteiger partial charge on any atom is -0.368 e. The molecule has 0 unspecified atom stereocenters. The minimum atomic E-state index is -0.603. The molecule has 7 nitrogen and oxygen atoms in total. The van der Waals surface area contributed by atoms with Gasteiger partial charge in [-0.15, -0.1) is 10.2 Å². The molecule has 32 heavy (non-hydrogen) atoms. The number of para-hydroxylation sites is 1. The van der Waals surface area contributed by atoms with Crippen LogP contribution in [-0.4, -0.2) is 58.8 Å². The number of thioether (sulfide) groups is 1. The first-order valence-electron chi connectivity index (χ1n) is 10.2. The lowest BCUT2D eigenvalue weighted by atomic mass is 10.2. The van der Waals surface area contributed by atoms with Gasteiger partial charge in [-0.25, -0.2) is 4.39 Å². The zero-order chi connectivity index (χ0) is 22.3. The number of hydrogen-bond donors (Lipinski definition) is 1. The molecule has 4 rings (SSSR count). The Morgan fingerprint density at radius 1 is 0.906 bits per heavy atom. The molecule has 2 amide bonds. The van der Waals surface area contributed by atoms with Crippen molar-refractivity contribution < 1.29 is 14.0 Å². The van der Waals surface area contributed by atoms with Crippen molar-refractivity contribution >= 4 is 35.1 Å². The Morgan fingerprint density at radius 3 is 2.31 bits per heavy atom. The molecule has 0 spiro atoms. The summed E-state index contributed by atoms with van der Waals surface area (Å²) in [6.45, 7) is 2.97. The Bertz CT molecular complexity index is 1070. The topological polar surface area (TPSA) is 78.4 Å². The predicted molar refractivity (Wildman–Crippen MR) is 122 cm³/mol. The predicted octanol–water partition coefficient (Wildman–Crippen LogP) is 3.31. The summed E-state index contributed by atoms with van der Waals surface area (Å²) < 4.78 is 13.7. The van der Waals surface area contributed by atoms with Gasteiger partial charge < -0.3 is 15.1 Å². The summed E-state index contributed by atoms with van der Waals surface area (Å²) in [6.07, 6.45) is 0. The molecule has 0 atom stereocenters. The summed E-state index contributed by atoms with van der Waals surface area (Å²) in [4.78, 5) is 28.8. The molecule has 9 heteroatoms. The summed E-state index contributed by atoms with van der Waals surface area (Å²) >= 11 is 1.29. The van der Waals surface area contributed by atoms with Crippen LogP contribution < -0.4 is 10.2 Å². The van der Waals surface area contributed by atoms with E-state index >= 15 is 0 Å². The highest BCUT2D eigenvalue weighted by Gasteiger charge is 2.21. The van der Waals surface area contributed by atoms with Crippen LogP contribution in [-0.2, 0) is 4.79 Å². The second-order valence-electron chi connectivity index (χ2n) is 7.18. The molecular formula is C23H22FN5O2S. The Labute approximate surface area is 189 Å². The molecular weight excluding hydrogens is 429 g/mol. The van der Waals surface area contributed by atoms with E-state index in [-0.39, 0.29) is 23.0 Å². The van der Waals surface area contributed by atoms with Crippen LogP contribution in [0.1, 0.15) is 10.4 Å². The van der Waals surface area contributed by atoms with Crippen LogP contribution >= 0.6 is 11.8 Å². The Kier molecular flexibility index (Phi) is 6.96. The van der Waals surface area contributed by atoms with Gasteiger partial charge in [-0.1, -0.05) is 42.1 Å². The molecule has 0 radical (unpaired) electrons. The van der Waals surface area contributed by atoms with Crippen LogP contribution in [0.2, 0.25) is 0 Å². The van der Waals surface area contributed by atoms with Crippen molar-refractivity contribution in [3.8, 4) is 0 Å². The van der Waals surface area contributed by atoms with Crippen LogP contribution in [0.15, 0.2) is 71.8 Å². The molecule has 3 aromatic rings. The van der Waals surface area contributed by atoms with Gasteiger partial charge in [0.1, 0.15) is 10.8 Å². The number of nitrogens with one attached hydrogen (secondary N) is 1. The summed E-state index contributed by atoms with van der Waals surface area (Å²) in [6, 6.07) is 19.2. The first-order chi connectivity index (χ1) is 15.6. The maximum Gasteiger partial charge on any atom is 0.259 e. The van der Waals surface area contributed by atoms with Crippen molar-refractivity contribution in [3.05, 3.63) is 78.1 Å². The number of piperazine rings is 1. The molecule has 1 aliphatic heterocycles. The number of carbonyl (C=O) groups is 2. The highest BCUT2D eigenvalue weighted by atomic mass is 32.2. The van der Waals surface area contributed by atoms with Gasteiger partial charge in [-0.3, -0.25) is 9.59 Å². The normalized spacial score (nSPS) is 13.7. The van der Waals surface area contributed by atoms with Crippen LogP contribution in [0.3, 0.4) is 0 Å². The van der Waals surface area contributed by atoms with Gasteiger partial charge in [0.15, 0.2) is 5.82 Å². The number of nitrogens with zero attached hydrogens (tertiary/aromatic N) is 4. The lowest BCUT2D eigenvalue weighted by Crippen LogP contribution is -2.49. The fraction of sp³-hybridized carbons (Fsp3) is 0.217. The molecule has 1 aliphatic rings. The van der Waals surface area contributed by atoms with Gasteiger partial charge >= 0.3 is 0 Å². The molecule has 0 bridgehead atoms. The monoisotopic (exact) mass is 451 g/mol. The fourth-order valence-electron chi connectivity index (χ4n) is 3.37. The van der Waals surface area contributed by atoms with Gasteiger partial charge in [0.05, 0.1) is 11.3 Å². The molecule has 0 saturated carbocycles. The van der Waals surface area contributed by atoms with Crippen LogP contribution in [0, 0.1) is 5.82 Å². The quantitative estimate of drug-likeness (QED) is 0.580. The number of hydrogen-bond acceptors (Lipinski definition) is 6. The van der Waals surface area contributed by atoms with E-state index in [1.807, 2.05) is 23.1 Å². The van der Waals surface area contributed by atoms with Crippen LogP contribution in [0.25, 0.3) is 0 Å². The van der Waals surface area contributed by atoms with E-state index in [1.165, 1.54) is 35.6 Å². The lowest BCUT2D eigenvalue weighted by Gasteiger charge is -2.36. The Balaban J connectivity index is 1.24. The molecule has 1 N–H and O–H groups in total. The van der Waals surface area contributed by atoms with Gasteiger partial charge in [0.2, 0.25) is 5.91 Å². The summed E-state index contributed by atoms with van der Waals surface area (Å²) in [5.74, 6) is -0.663. The van der Waals surface area contributed by atoms with Crippen molar-refractivity contribution in [3.63, 3.8) is 0 Å². The van der Waals surface area contributed by atoms with Gasteiger partial charge in [-0.05, 0) is 36.4 Å². The highest BCUT2D eigenvalue weighted by Crippen LogP contribution is 2.19. The number of benzene rings is 2. The molecule has 2 heterocycles. The molecule has 1 fully saturated rings. The molecule has 164 valence electrons. The summed E-state index contributed by atoms with van der Waals surface area (Å²) in [5, 5.41) is 11.1. The van der Waals surface area contributed by atoms with Crippen molar-refractivity contribution in [2.24, 2.45) is 0 Å². The molecule has 1 saturated heterocycles. The highest BCUT2D eigenvalue weighted by molar-refractivity contribution is 7.99. The lowest BCUT2D eigenvalue weighted by molar-refractivity contribution is -0.128. The number of halogens is 1. The van der Waals surface area contributed by atoms with Crippen LogP contribution in [0.5, 0.6) is 0 Å². The average molecular weight is 452 g/mol. The Hall–Kier alpha value is -3.46. The van der Waals surface area contributed by atoms with Gasteiger partial charge in [0, 0.05) is 31.9 Å². The second-order valence-corrected chi connectivity index (χ2v) is 8.18. The number of carbonyl (C=O) groups excluding carboxylic acids is 2. The third-order valence-corrected chi connectivity index (χ3v) is 6.00. The standard InChI is InChI=1S/C23H22FN5O2S/c24-19-9-5-4-8-18(19)23(31)25-20-10-11-21(27-26-20)32-16-22(30)29-14-12-28(13-15-29)17-6-2-1-3-7-17/h1-11H,12-16H2,(H,25,26,31). The van der Waals surface area contributed by atoms with E-state index in [2.05, 4.69) is 32.5 Å². The van der Waals surface area contributed by atoms with E-state index in [9.17, 15) is 14.0 Å². The number of aromatic nitrogens is 2. The maximum absolute atomic E-state index is 13.7. The van der Waals surface area contributed by atoms with Gasteiger partial charge in [-0.2, -0.15) is 0 Å². The molecule has 2 aromatic carbocycles. The zero-order valence-corrected chi connectivity index (χ0v) is 18.1. The smallest absolute Gasteiger partial charge is 0.259 e. The van der Waals surface area contributed by atoms with E-state index in [0.29, 0.717) is 18.1 Å². The van der Waals surface area contributed by atoms with E-state index < -0.39 is 11.7 Å². The maximum atomic E-state index is 13.7. The third-order valence-electron chi connectivity index (χ3n) is 5.10. The summed E-state index contributed by atoms with van der Waals surface area (Å²) in [7, 11) is 0. The number of anilines is 2. The number of rotatable bonds is 6. The van der Waals surface area contributed by atoms with Gasteiger partial charge in [0.25, 0.3) is 5.91 Å². The van der Waals surface area contributed by atoms with Crippen molar-refractivity contribution in [2.45, 2.75) is 5.03 Å². The Morgan fingerprint density at radius 2 is 1.62 bits per heavy atom. The van der Waals surface area contributed by atoms with Crippen molar-refractivity contribution in [1.82, 2.24) is 15.1 Å². The first kappa shape index (κ1) is 21.8. The SMILES string of the molecule is O=C(Nc1ccc(SCC(=O)N2CCN(c3ccccc3)CC2)nn1)c1ccccc1F.